The van der Waals surface area contributed by atoms with Crippen LogP contribution in [-0.2, 0) is 16.1 Å². The Morgan fingerprint density at radius 3 is 2.73 bits per heavy atom. The SMILES string of the molecule is CCCNC(=O)CNC(=O)Cn1nnc2ccccc2c1=O. The molecule has 0 saturated heterocycles. The molecule has 0 fully saturated rings. The molecule has 0 aliphatic rings. The molecule has 0 radical (unpaired) electrons. The normalized spacial score (nSPS) is 10.4. The fraction of sp³-hybridized carbons (Fsp3) is 0.357. The van der Waals surface area contributed by atoms with Crippen molar-refractivity contribution in [3.63, 3.8) is 0 Å². The third kappa shape index (κ3) is 3.87. The van der Waals surface area contributed by atoms with Gasteiger partial charge in [-0.2, -0.15) is 0 Å². The number of nitrogens with one attached hydrogen (secondary N) is 2. The first kappa shape index (κ1) is 15.6. The molecule has 8 nitrogen and oxygen atoms in total. The van der Waals surface area contributed by atoms with Gasteiger partial charge in [-0.15, -0.1) is 5.10 Å². The largest absolute Gasteiger partial charge is 0.355 e. The molecule has 0 saturated carbocycles. The Balaban J connectivity index is 1.99. The Morgan fingerprint density at radius 1 is 1.18 bits per heavy atom. The van der Waals surface area contributed by atoms with E-state index in [1.807, 2.05) is 6.92 Å². The molecule has 2 N–H and O–H groups in total. The molecule has 0 atom stereocenters. The number of hydrogen-bond donors (Lipinski definition) is 2. The summed E-state index contributed by atoms with van der Waals surface area (Å²) in [4.78, 5) is 35.3. The molecule has 2 aromatic rings. The summed E-state index contributed by atoms with van der Waals surface area (Å²) in [6.45, 7) is 2.08. The number of nitrogens with zero attached hydrogens (tertiary/aromatic N) is 3. The van der Waals surface area contributed by atoms with E-state index in [1.165, 1.54) is 0 Å². The molecule has 116 valence electrons. The lowest BCUT2D eigenvalue weighted by Gasteiger charge is -2.07. The van der Waals surface area contributed by atoms with Gasteiger partial charge in [0.15, 0.2) is 0 Å². The lowest BCUT2D eigenvalue weighted by Crippen LogP contribution is -2.40. The summed E-state index contributed by atoms with van der Waals surface area (Å²) >= 11 is 0. The van der Waals surface area contributed by atoms with Crippen molar-refractivity contribution >= 4 is 22.7 Å². The monoisotopic (exact) mass is 303 g/mol. The van der Waals surface area contributed by atoms with E-state index < -0.39 is 11.5 Å². The predicted molar refractivity (Wildman–Crippen MR) is 80.1 cm³/mol. The van der Waals surface area contributed by atoms with E-state index in [0.717, 1.165) is 11.1 Å². The standard InChI is InChI=1S/C14H17N5O3/c1-2-7-15-12(20)8-16-13(21)9-19-14(22)10-5-3-4-6-11(10)17-18-19/h3-6H,2,7-9H2,1H3,(H,15,20)(H,16,21). The zero-order valence-electron chi connectivity index (χ0n) is 12.2. The molecular weight excluding hydrogens is 286 g/mol. The topological polar surface area (TPSA) is 106 Å². The van der Waals surface area contributed by atoms with Gasteiger partial charge in [-0.3, -0.25) is 14.4 Å². The Labute approximate surface area is 126 Å². The molecule has 1 aromatic heterocycles. The van der Waals surface area contributed by atoms with Crippen molar-refractivity contribution in [1.29, 1.82) is 0 Å². The fourth-order valence-electron chi connectivity index (χ4n) is 1.82. The van der Waals surface area contributed by atoms with Crippen LogP contribution in [0.1, 0.15) is 13.3 Å². The molecule has 1 heterocycles. The smallest absolute Gasteiger partial charge is 0.278 e. The van der Waals surface area contributed by atoms with Crippen LogP contribution in [0, 0.1) is 0 Å². The van der Waals surface area contributed by atoms with Crippen molar-refractivity contribution in [3.05, 3.63) is 34.6 Å². The van der Waals surface area contributed by atoms with Gasteiger partial charge < -0.3 is 10.6 Å². The van der Waals surface area contributed by atoms with Crippen LogP contribution in [0.3, 0.4) is 0 Å². The van der Waals surface area contributed by atoms with E-state index in [1.54, 1.807) is 24.3 Å². The minimum atomic E-state index is -0.474. The minimum absolute atomic E-state index is 0.130. The summed E-state index contributed by atoms with van der Waals surface area (Å²) in [7, 11) is 0. The second kappa shape index (κ2) is 7.30. The minimum Gasteiger partial charge on any atom is -0.355 e. The van der Waals surface area contributed by atoms with Gasteiger partial charge in [0.05, 0.1) is 11.9 Å². The average molecular weight is 303 g/mol. The molecule has 1 aromatic carbocycles. The highest BCUT2D eigenvalue weighted by atomic mass is 16.2. The molecular formula is C14H17N5O3. The number of aromatic nitrogens is 3. The Kier molecular flexibility index (Phi) is 5.18. The first-order chi connectivity index (χ1) is 10.6. The first-order valence-electron chi connectivity index (χ1n) is 6.97. The van der Waals surface area contributed by atoms with Gasteiger partial charge in [0.1, 0.15) is 12.1 Å². The van der Waals surface area contributed by atoms with Crippen LogP contribution in [-0.4, -0.2) is 39.9 Å². The van der Waals surface area contributed by atoms with Gasteiger partial charge in [0.25, 0.3) is 5.56 Å². The molecule has 0 aliphatic heterocycles. The van der Waals surface area contributed by atoms with Crippen LogP contribution in [0.5, 0.6) is 0 Å². The van der Waals surface area contributed by atoms with Crippen LogP contribution < -0.4 is 16.2 Å². The number of fused-ring (bicyclic) bond motifs is 1. The molecule has 0 aliphatic carbocycles. The molecule has 0 unspecified atom stereocenters. The zero-order valence-corrected chi connectivity index (χ0v) is 12.2. The number of carbonyl (C=O) groups excluding carboxylic acids is 2. The Morgan fingerprint density at radius 2 is 1.95 bits per heavy atom. The number of hydrogen-bond acceptors (Lipinski definition) is 5. The lowest BCUT2D eigenvalue weighted by atomic mass is 10.2. The fourth-order valence-corrected chi connectivity index (χ4v) is 1.82. The van der Waals surface area contributed by atoms with Crippen LogP contribution >= 0.6 is 0 Å². The second-order valence-corrected chi connectivity index (χ2v) is 4.70. The van der Waals surface area contributed by atoms with Gasteiger partial charge in [0, 0.05) is 6.54 Å². The highest BCUT2D eigenvalue weighted by Gasteiger charge is 2.10. The Bertz CT molecular complexity index is 741. The van der Waals surface area contributed by atoms with E-state index in [4.69, 9.17) is 0 Å². The van der Waals surface area contributed by atoms with Crippen LogP contribution in [0.25, 0.3) is 10.9 Å². The molecule has 2 amide bonds. The molecule has 2 rings (SSSR count). The van der Waals surface area contributed by atoms with Gasteiger partial charge in [-0.25, -0.2) is 4.68 Å². The second-order valence-electron chi connectivity index (χ2n) is 4.70. The molecule has 22 heavy (non-hydrogen) atoms. The summed E-state index contributed by atoms with van der Waals surface area (Å²) in [5.74, 6) is -0.745. The summed E-state index contributed by atoms with van der Waals surface area (Å²) in [6.07, 6.45) is 0.821. The van der Waals surface area contributed by atoms with Gasteiger partial charge in [-0.05, 0) is 18.6 Å². The van der Waals surface area contributed by atoms with Crippen molar-refractivity contribution in [3.8, 4) is 0 Å². The highest BCUT2D eigenvalue weighted by molar-refractivity contribution is 5.84. The van der Waals surface area contributed by atoms with Crippen LogP contribution in [0.15, 0.2) is 29.1 Å². The van der Waals surface area contributed by atoms with Gasteiger partial charge in [0.2, 0.25) is 11.8 Å². The third-order valence-corrected chi connectivity index (χ3v) is 2.94. The average Bonchev–Trinajstić information content (AvgIpc) is 2.54. The number of rotatable bonds is 6. The van der Waals surface area contributed by atoms with E-state index in [2.05, 4.69) is 20.9 Å². The number of carbonyl (C=O) groups is 2. The van der Waals surface area contributed by atoms with E-state index in [9.17, 15) is 14.4 Å². The summed E-state index contributed by atoms with van der Waals surface area (Å²) in [6, 6.07) is 6.77. The lowest BCUT2D eigenvalue weighted by molar-refractivity contribution is -0.126. The predicted octanol–water partition coefficient (Wildman–Crippen LogP) is -0.566. The van der Waals surface area contributed by atoms with Gasteiger partial charge >= 0.3 is 0 Å². The quantitative estimate of drug-likeness (QED) is 0.743. The molecule has 0 bridgehead atoms. The summed E-state index contributed by atoms with van der Waals surface area (Å²) < 4.78 is 0.974. The first-order valence-corrected chi connectivity index (χ1v) is 6.97. The number of benzene rings is 1. The van der Waals surface area contributed by atoms with E-state index in [0.29, 0.717) is 17.4 Å². The maximum atomic E-state index is 12.1. The number of amides is 2. The van der Waals surface area contributed by atoms with Crippen LogP contribution in [0.4, 0.5) is 0 Å². The van der Waals surface area contributed by atoms with E-state index in [-0.39, 0.29) is 19.0 Å². The molecule has 0 spiro atoms. The van der Waals surface area contributed by atoms with Crippen molar-refractivity contribution in [2.45, 2.75) is 19.9 Å². The maximum absolute atomic E-state index is 12.1. The summed E-state index contributed by atoms with van der Waals surface area (Å²) in [5.41, 5.74) is 0.0827. The third-order valence-electron chi connectivity index (χ3n) is 2.94. The summed E-state index contributed by atoms with van der Waals surface area (Å²) in [5, 5.41) is 13.1. The molecule has 8 heteroatoms. The zero-order chi connectivity index (χ0) is 15.9. The van der Waals surface area contributed by atoms with Crippen molar-refractivity contribution in [2.24, 2.45) is 0 Å². The highest BCUT2D eigenvalue weighted by Crippen LogP contribution is 2.02. The maximum Gasteiger partial charge on any atom is 0.278 e. The van der Waals surface area contributed by atoms with Crippen LogP contribution in [0.2, 0.25) is 0 Å². The van der Waals surface area contributed by atoms with E-state index >= 15 is 0 Å². The van der Waals surface area contributed by atoms with Crippen molar-refractivity contribution in [1.82, 2.24) is 25.6 Å². The Hall–Kier alpha value is -2.77. The van der Waals surface area contributed by atoms with Gasteiger partial charge in [-0.1, -0.05) is 24.3 Å². The van der Waals surface area contributed by atoms with Crippen molar-refractivity contribution in [2.75, 3.05) is 13.1 Å². The van der Waals surface area contributed by atoms with Crippen molar-refractivity contribution < 1.29 is 9.59 Å².